The highest BCUT2D eigenvalue weighted by atomic mass is 32.2. The molecule has 1 N–H and O–H groups in total. The lowest BCUT2D eigenvalue weighted by Crippen LogP contribution is -2.30. The average molecular weight is 271 g/mol. The molecule has 1 aromatic rings. The summed E-state index contributed by atoms with van der Waals surface area (Å²) in [5.41, 5.74) is 1.15. The summed E-state index contributed by atoms with van der Waals surface area (Å²) in [7, 11) is -1.45. The van der Waals surface area contributed by atoms with Gasteiger partial charge in [-0.25, -0.2) is 17.7 Å². The molecule has 0 aliphatic heterocycles. The van der Waals surface area contributed by atoms with Crippen LogP contribution in [0.3, 0.4) is 0 Å². The predicted molar refractivity (Wildman–Crippen MR) is 74.2 cm³/mol. The minimum atomic E-state index is -3.06. The van der Waals surface area contributed by atoms with Crippen molar-refractivity contribution >= 4 is 15.8 Å². The van der Waals surface area contributed by atoms with Crippen LogP contribution in [0.4, 0.5) is 5.82 Å². The van der Waals surface area contributed by atoms with Gasteiger partial charge in [0.05, 0.1) is 5.75 Å². The van der Waals surface area contributed by atoms with E-state index in [1.165, 1.54) is 4.31 Å². The van der Waals surface area contributed by atoms with E-state index in [9.17, 15) is 8.42 Å². The summed E-state index contributed by atoms with van der Waals surface area (Å²) in [4.78, 5) is 4.18. The van der Waals surface area contributed by atoms with Gasteiger partial charge in [-0.2, -0.15) is 0 Å². The first kappa shape index (κ1) is 14.9. The summed E-state index contributed by atoms with van der Waals surface area (Å²) in [6.07, 6.45) is 2.51. The average Bonchev–Trinajstić information content (AvgIpc) is 2.34. The zero-order valence-corrected chi connectivity index (χ0v) is 12.0. The van der Waals surface area contributed by atoms with Gasteiger partial charge in [0.25, 0.3) is 0 Å². The van der Waals surface area contributed by atoms with Gasteiger partial charge in [0, 0.05) is 26.3 Å². The second-order valence-electron chi connectivity index (χ2n) is 4.22. The van der Waals surface area contributed by atoms with Crippen molar-refractivity contribution in [2.75, 3.05) is 31.2 Å². The Morgan fingerprint density at radius 2 is 2.17 bits per heavy atom. The summed E-state index contributed by atoms with van der Waals surface area (Å²) in [6, 6.07) is 3.90. The van der Waals surface area contributed by atoms with Gasteiger partial charge < -0.3 is 5.32 Å². The molecule has 18 heavy (non-hydrogen) atoms. The fourth-order valence-corrected chi connectivity index (χ4v) is 2.36. The quantitative estimate of drug-likeness (QED) is 0.763. The third-order valence-electron chi connectivity index (χ3n) is 2.71. The summed E-state index contributed by atoms with van der Waals surface area (Å²) < 4.78 is 24.4. The summed E-state index contributed by atoms with van der Waals surface area (Å²) in [5, 5.41) is 3.18. The van der Waals surface area contributed by atoms with Crippen molar-refractivity contribution in [2.24, 2.45) is 0 Å². The highest BCUT2D eigenvalue weighted by Gasteiger charge is 2.13. The van der Waals surface area contributed by atoms with Crippen LogP contribution in [0.5, 0.6) is 0 Å². The zero-order valence-electron chi connectivity index (χ0n) is 11.2. The van der Waals surface area contributed by atoms with E-state index in [0.29, 0.717) is 13.1 Å². The van der Waals surface area contributed by atoms with Crippen molar-refractivity contribution < 1.29 is 8.42 Å². The largest absolute Gasteiger partial charge is 0.370 e. The summed E-state index contributed by atoms with van der Waals surface area (Å²) in [5.74, 6) is 0.979. The minimum absolute atomic E-state index is 0.149. The second-order valence-corrected chi connectivity index (χ2v) is 6.59. The van der Waals surface area contributed by atoms with Crippen LogP contribution >= 0.6 is 0 Å². The standard InChI is InChI=1S/C12H21N3O2S/c1-4-18(16,17)15(3)9-5-7-13-12-10-11(2)6-8-14-12/h6,8,10H,4-5,7,9H2,1-3H3,(H,13,14). The van der Waals surface area contributed by atoms with Gasteiger partial charge in [-0.15, -0.1) is 0 Å². The molecule has 0 saturated heterocycles. The molecule has 0 fully saturated rings. The molecule has 0 aliphatic carbocycles. The van der Waals surface area contributed by atoms with Crippen LogP contribution in [0.25, 0.3) is 0 Å². The van der Waals surface area contributed by atoms with E-state index in [1.807, 2.05) is 19.1 Å². The van der Waals surface area contributed by atoms with Gasteiger partial charge in [-0.05, 0) is 38.0 Å². The molecule has 0 aromatic carbocycles. The number of rotatable bonds is 7. The smallest absolute Gasteiger partial charge is 0.213 e. The lowest BCUT2D eigenvalue weighted by Gasteiger charge is -2.15. The molecule has 1 heterocycles. The predicted octanol–water partition coefficient (Wildman–Crippen LogP) is 1.47. The fraction of sp³-hybridized carbons (Fsp3) is 0.583. The van der Waals surface area contributed by atoms with Gasteiger partial charge in [0.15, 0.2) is 0 Å². The molecule has 1 aromatic heterocycles. The molecule has 6 heteroatoms. The lowest BCUT2D eigenvalue weighted by molar-refractivity contribution is 0.466. The third kappa shape index (κ3) is 4.62. The number of hydrogen-bond donors (Lipinski definition) is 1. The van der Waals surface area contributed by atoms with Crippen molar-refractivity contribution in [1.82, 2.24) is 9.29 Å². The Labute approximate surface area is 109 Å². The molecule has 0 atom stereocenters. The first-order chi connectivity index (χ1) is 8.45. The van der Waals surface area contributed by atoms with Crippen LogP contribution in [-0.4, -0.2) is 43.6 Å². The summed E-state index contributed by atoms with van der Waals surface area (Å²) >= 11 is 0. The lowest BCUT2D eigenvalue weighted by atomic mass is 10.3. The van der Waals surface area contributed by atoms with Gasteiger partial charge in [-0.3, -0.25) is 0 Å². The molecular weight excluding hydrogens is 250 g/mol. The van der Waals surface area contributed by atoms with E-state index in [0.717, 1.165) is 17.8 Å². The molecule has 102 valence electrons. The topological polar surface area (TPSA) is 62.3 Å². The molecule has 0 bridgehead atoms. The number of hydrogen-bond acceptors (Lipinski definition) is 4. The first-order valence-corrected chi connectivity index (χ1v) is 7.67. The first-order valence-electron chi connectivity index (χ1n) is 6.06. The Kier molecular flexibility index (Phi) is 5.55. The van der Waals surface area contributed by atoms with Gasteiger partial charge in [-0.1, -0.05) is 0 Å². The Morgan fingerprint density at radius 3 is 2.78 bits per heavy atom. The van der Waals surface area contributed by atoms with Crippen LogP contribution < -0.4 is 5.32 Å². The maximum absolute atomic E-state index is 11.5. The highest BCUT2D eigenvalue weighted by Crippen LogP contribution is 2.05. The minimum Gasteiger partial charge on any atom is -0.370 e. The fourth-order valence-electron chi connectivity index (χ4n) is 1.51. The van der Waals surface area contributed by atoms with E-state index in [4.69, 9.17) is 0 Å². The number of anilines is 1. The number of aryl methyl sites for hydroxylation is 1. The van der Waals surface area contributed by atoms with Gasteiger partial charge >= 0.3 is 0 Å². The molecule has 1 rings (SSSR count). The SMILES string of the molecule is CCS(=O)(=O)N(C)CCCNc1cc(C)ccn1. The van der Waals surface area contributed by atoms with Crippen LogP contribution in [0.2, 0.25) is 0 Å². The molecule has 5 nitrogen and oxygen atoms in total. The van der Waals surface area contributed by atoms with E-state index in [1.54, 1.807) is 20.2 Å². The van der Waals surface area contributed by atoms with Crippen LogP contribution in [0, 0.1) is 6.92 Å². The maximum Gasteiger partial charge on any atom is 0.213 e. The Hall–Kier alpha value is -1.14. The molecule has 0 saturated carbocycles. The Bertz CT molecular complexity index is 474. The van der Waals surface area contributed by atoms with Crippen LogP contribution in [0.15, 0.2) is 18.3 Å². The molecule has 0 amide bonds. The van der Waals surface area contributed by atoms with Crippen LogP contribution in [0.1, 0.15) is 18.9 Å². The number of nitrogens with zero attached hydrogens (tertiary/aromatic N) is 2. The maximum atomic E-state index is 11.5. The number of aromatic nitrogens is 1. The van der Waals surface area contributed by atoms with Gasteiger partial charge in [0.1, 0.15) is 5.82 Å². The molecule has 0 spiro atoms. The highest BCUT2D eigenvalue weighted by molar-refractivity contribution is 7.89. The normalized spacial score (nSPS) is 11.8. The number of nitrogens with one attached hydrogen (secondary N) is 1. The second kappa shape index (κ2) is 6.70. The van der Waals surface area contributed by atoms with E-state index in [-0.39, 0.29) is 5.75 Å². The van der Waals surface area contributed by atoms with Crippen molar-refractivity contribution in [1.29, 1.82) is 0 Å². The van der Waals surface area contributed by atoms with E-state index < -0.39 is 10.0 Å². The van der Waals surface area contributed by atoms with E-state index in [2.05, 4.69) is 10.3 Å². The van der Waals surface area contributed by atoms with Crippen LogP contribution in [-0.2, 0) is 10.0 Å². The van der Waals surface area contributed by atoms with Gasteiger partial charge in [0.2, 0.25) is 10.0 Å². The Morgan fingerprint density at radius 1 is 1.44 bits per heavy atom. The van der Waals surface area contributed by atoms with Crippen molar-refractivity contribution in [3.05, 3.63) is 23.9 Å². The molecular formula is C12H21N3O2S. The summed E-state index contributed by atoms with van der Waals surface area (Å²) in [6.45, 7) is 4.89. The van der Waals surface area contributed by atoms with Crippen molar-refractivity contribution in [3.8, 4) is 0 Å². The molecule has 0 unspecified atom stereocenters. The zero-order chi connectivity index (χ0) is 13.6. The number of sulfonamides is 1. The monoisotopic (exact) mass is 271 g/mol. The number of pyridine rings is 1. The molecule has 0 radical (unpaired) electrons. The third-order valence-corrected chi connectivity index (χ3v) is 4.57. The van der Waals surface area contributed by atoms with Crippen molar-refractivity contribution in [2.45, 2.75) is 20.3 Å². The van der Waals surface area contributed by atoms with E-state index >= 15 is 0 Å². The molecule has 0 aliphatic rings. The van der Waals surface area contributed by atoms with Crippen molar-refractivity contribution in [3.63, 3.8) is 0 Å². The Balaban J connectivity index is 2.31.